The van der Waals surface area contributed by atoms with E-state index in [9.17, 15) is 4.79 Å². The Morgan fingerprint density at radius 1 is 1.14 bits per heavy atom. The van der Waals surface area contributed by atoms with Gasteiger partial charge in [-0.2, -0.15) is 0 Å². The number of ether oxygens (including phenoxy) is 1. The van der Waals surface area contributed by atoms with E-state index >= 15 is 0 Å². The maximum Gasteiger partial charge on any atom is 0.262 e. The summed E-state index contributed by atoms with van der Waals surface area (Å²) in [5, 5.41) is 2.83. The van der Waals surface area contributed by atoms with Gasteiger partial charge in [-0.25, -0.2) is 0 Å². The first kappa shape index (κ1) is 15.6. The Bertz CT molecular complexity index is 656. The molecule has 0 saturated heterocycles. The van der Waals surface area contributed by atoms with E-state index in [1.807, 2.05) is 54.6 Å². The molecule has 1 aliphatic rings. The Morgan fingerprint density at radius 2 is 1.77 bits per heavy atom. The fourth-order valence-electron chi connectivity index (χ4n) is 2.24. The Kier molecular flexibility index (Phi) is 4.54. The zero-order valence-corrected chi connectivity index (χ0v) is 14.9. The van der Waals surface area contributed by atoms with E-state index in [0.29, 0.717) is 11.7 Å². The van der Waals surface area contributed by atoms with Crippen LogP contribution < -0.4 is 10.1 Å². The van der Waals surface area contributed by atoms with Gasteiger partial charge in [0.2, 0.25) is 0 Å². The van der Waals surface area contributed by atoms with Crippen molar-refractivity contribution in [2.24, 2.45) is 0 Å². The van der Waals surface area contributed by atoms with Crippen LogP contribution >= 0.6 is 31.9 Å². The normalized spacial score (nSPS) is 18.5. The first-order chi connectivity index (χ1) is 10.5. The van der Waals surface area contributed by atoms with Gasteiger partial charge in [0.15, 0.2) is 6.61 Å². The van der Waals surface area contributed by atoms with Gasteiger partial charge in [0.1, 0.15) is 5.75 Å². The number of para-hydroxylation sites is 1. The average Bonchev–Trinajstić information content (AvgIpc) is 3.16. The number of carbonyl (C=O) groups excluding carboxylic acids is 1. The van der Waals surface area contributed by atoms with E-state index in [1.165, 1.54) is 5.56 Å². The molecular weight excluding hydrogens is 410 g/mol. The lowest BCUT2D eigenvalue weighted by Gasteiger charge is -2.08. The molecule has 0 aromatic heterocycles. The zero-order chi connectivity index (χ0) is 15.6. The van der Waals surface area contributed by atoms with Gasteiger partial charge in [-0.3, -0.25) is 4.79 Å². The number of hydrogen-bond acceptors (Lipinski definition) is 2. The van der Waals surface area contributed by atoms with Crippen LogP contribution in [0.1, 0.15) is 17.9 Å². The topological polar surface area (TPSA) is 38.3 Å². The number of rotatable bonds is 5. The van der Waals surface area contributed by atoms with Crippen molar-refractivity contribution in [1.82, 2.24) is 0 Å². The van der Waals surface area contributed by atoms with Gasteiger partial charge in [0.05, 0.1) is 3.23 Å². The van der Waals surface area contributed by atoms with E-state index in [2.05, 4.69) is 37.2 Å². The molecule has 0 aliphatic heterocycles. The number of benzene rings is 2. The highest BCUT2D eigenvalue weighted by atomic mass is 79.9. The maximum absolute atomic E-state index is 11.9. The van der Waals surface area contributed by atoms with Crippen molar-refractivity contribution < 1.29 is 9.53 Å². The molecule has 0 heterocycles. The summed E-state index contributed by atoms with van der Waals surface area (Å²) in [6.45, 7) is 0.000298. The summed E-state index contributed by atoms with van der Waals surface area (Å²) < 4.78 is 5.46. The third-order valence-corrected chi connectivity index (χ3v) is 5.29. The highest BCUT2D eigenvalue weighted by Gasteiger charge is 2.50. The number of anilines is 1. The predicted molar refractivity (Wildman–Crippen MR) is 95.0 cm³/mol. The number of carbonyl (C=O) groups is 1. The summed E-state index contributed by atoms with van der Waals surface area (Å²) in [5.74, 6) is 1.00. The molecule has 0 unspecified atom stereocenters. The second kappa shape index (κ2) is 6.42. The number of alkyl halides is 2. The minimum Gasteiger partial charge on any atom is -0.484 e. The Morgan fingerprint density at radius 3 is 2.36 bits per heavy atom. The summed E-state index contributed by atoms with van der Waals surface area (Å²) in [7, 11) is 0. The van der Waals surface area contributed by atoms with E-state index in [4.69, 9.17) is 4.74 Å². The number of halogens is 2. The molecule has 1 atom stereocenters. The number of amides is 1. The SMILES string of the molecule is O=C(COc1ccccc1)Nc1ccc([C@H]2CC2(Br)Br)cc1. The second-order valence-electron chi connectivity index (χ2n) is 5.29. The first-order valence-corrected chi connectivity index (χ1v) is 8.59. The van der Waals surface area contributed by atoms with Crippen LogP contribution in [0, 0.1) is 0 Å². The van der Waals surface area contributed by atoms with Crippen molar-refractivity contribution in [2.75, 3.05) is 11.9 Å². The molecule has 3 rings (SSSR count). The lowest BCUT2D eigenvalue weighted by atomic mass is 10.1. The highest BCUT2D eigenvalue weighted by molar-refractivity contribution is 9.25. The van der Waals surface area contributed by atoms with Crippen molar-refractivity contribution in [2.45, 2.75) is 15.6 Å². The first-order valence-electron chi connectivity index (χ1n) is 7.00. The minimum absolute atomic E-state index is 0.000298. The van der Waals surface area contributed by atoms with Gasteiger partial charge < -0.3 is 10.1 Å². The molecule has 3 nitrogen and oxygen atoms in total. The summed E-state index contributed by atoms with van der Waals surface area (Å²) >= 11 is 7.24. The van der Waals surface area contributed by atoms with Crippen LogP contribution in [0.25, 0.3) is 0 Å². The van der Waals surface area contributed by atoms with Gasteiger partial charge >= 0.3 is 0 Å². The Balaban J connectivity index is 1.51. The van der Waals surface area contributed by atoms with Crippen LogP contribution in [-0.2, 0) is 4.79 Å². The molecular formula is C17H15Br2NO2. The van der Waals surface area contributed by atoms with Crippen molar-refractivity contribution in [3.05, 3.63) is 60.2 Å². The molecule has 114 valence electrons. The molecule has 0 spiro atoms. The summed E-state index contributed by atoms with van der Waals surface area (Å²) in [4.78, 5) is 11.9. The molecule has 1 N–H and O–H groups in total. The van der Waals surface area contributed by atoms with E-state index in [0.717, 1.165) is 12.1 Å². The fourth-order valence-corrected chi connectivity index (χ4v) is 3.41. The molecule has 0 radical (unpaired) electrons. The molecule has 2 aromatic rings. The molecule has 22 heavy (non-hydrogen) atoms. The third-order valence-electron chi connectivity index (χ3n) is 3.54. The molecule has 1 aliphatic carbocycles. The lowest BCUT2D eigenvalue weighted by molar-refractivity contribution is -0.118. The number of nitrogens with one attached hydrogen (secondary N) is 1. The van der Waals surface area contributed by atoms with Crippen molar-refractivity contribution >= 4 is 43.5 Å². The van der Waals surface area contributed by atoms with Crippen LogP contribution in [0.2, 0.25) is 0 Å². The third kappa shape index (κ3) is 3.90. The smallest absolute Gasteiger partial charge is 0.262 e. The molecule has 1 saturated carbocycles. The van der Waals surface area contributed by atoms with Gasteiger partial charge in [-0.15, -0.1) is 0 Å². The van der Waals surface area contributed by atoms with E-state index < -0.39 is 0 Å². The molecule has 1 amide bonds. The quantitative estimate of drug-likeness (QED) is 0.707. The molecule has 0 bridgehead atoms. The zero-order valence-electron chi connectivity index (χ0n) is 11.8. The minimum atomic E-state index is -0.168. The molecule has 2 aromatic carbocycles. The van der Waals surface area contributed by atoms with Crippen LogP contribution in [0.3, 0.4) is 0 Å². The van der Waals surface area contributed by atoms with Crippen molar-refractivity contribution in [1.29, 1.82) is 0 Å². The Hall–Kier alpha value is -1.33. The molecule has 5 heteroatoms. The molecule has 1 fully saturated rings. The Labute approximate surface area is 146 Å². The second-order valence-corrected chi connectivity index (χ2v) is 9.18. The van der Waals surface area contributed by atoms with Gasteiger partial charge in [0, 0.05) is 11.6 Å². The summed E-state index contributed by atoms with van der Waals surface area (Å²) in [6.07, 6.45) is 1.07. The largest absolute Gasteiger partial charge is 0.484 e. The van der Waals surface area contributed by atoms with Crippen molar-refractivity contribution in [3.8, 4) is 5.75 Å². The van der Waals surface area contributed by atoms with Gasteiger partial charge in [-0.05, 0) is 36.2 Å². The summed E-state index contributed by atoms with van der Waals surface area (Å²) in [6, 6.07) is 17.2. The van der Waals surface area contributed by atoms with Crippen LogP contribution in [0.5, 0.6) is 5.75 Å². The van der Waals surface area contributed by atoms with Crippen molar-refractivity contribution in [3.63, 3.8) is 0 Å². The number of hydrogen-bond donors (Lipinski definition) is 1. The van der Waals surface area contributed by atoms with Crippen LogP contribution in [0.4, 0.5) is 5.69 Å². The lowest BCUT2D eigenvalue weighted by Crippen LogP contribution is -2.20. The average molecular weight is 425 g/mol. The van der Waals surface area contributed by atoms with Crippen LogP contribution in [0.15, 0.2) is 54.6 Å². The van der Waals surface area contributed by atoms with E-state index in [1.54, 1.807) is 0 Å². The summed E-state index contributed by atoms with van der Waals surface area (Å²) in [5.41, 5.74) is 2.04. The standard InChI is InChI=1S/C17H15Br2NO2/c18-17(19)10-15(17)12-6-8-13(9-7-12)20-16(21)11-22-14-4-2-1-3-5-14/h1-9,15H,10-11H2,(H,20,21)/t15-/m1/s1. The maximum atomic E-state index is 11.9. The van der Waals surface area contributed by atoms with Gasteiger partial charge in [-0.1, -0.05) is 62.2 Å². The van der Waals surface area contributed by atoms with Crippen LogP contribution in [-0.4, -0.2) is 15.7 Å². The van der Waals surface area contributed by atoms with E-state index in [-0.39, 0.29) is 15.7 Å². The predicted octanol–water partition coefficient (Wildman–Crippen LogP) is 4.68. The van der Waals surface area contributed by atoms with Gasteiger partial charge in [0.25, 0.3) is 5.91 Å². The fraction of sp³-hybridized carbons (Fsp3) is 0.235. The monoisotopic (exact) mass is 423 g/mol. The highest BCUT2D eigenvalue weighted by Crippen LogP contribution is 2.62.